The summed E-state index contributed by atoms with van der Waals surface area (Å²) >= 11 is 0. The van der Waals surface area contributed by atoms with Gasteiger partial charge in [0, 0.05) is 6.54 Å². The number of methoxy groups -OCH3 is 1. The van der Waals surface area contributed by atoms with Crippen LogP contribution in [0.15, 0.2) is 41.6 Å². The average molecular weight is 429 g/mol. The van der Waals surface area contributed by atoms with Gasteiger partial charge in [0.1, 0.15) is 12.3 Å². The third kappa shape index (κ3) is 5.30. The zero-order valence-electron chi connectivity index (χ0n) is 19.1. The molecule has 2 heterocycles. The van der Waals surface area contributed by atoms with Gasteiger partial charge in [0.25, 0.3) is 0 Å². The standard InChI is InChI=1S/C23H32BNO6/c1-22(2)23(3,4)31-24(30-22)14-9-12-18-13-15-25(19(18)20(26)28-5)21(27)29-16-17-10-7-6-8-11-17/h6-8,10-11H,9,12-16H2,1-5H3. The lowest BCUT2D eigenvalue weighted by Gasteiger charge is -2.32. The van der Waals surface area contributed by atoms with Gasteiger partial charge in [-0.15, -0.1) is 0 Å². The fourth-order valence-corrected chi connectivity index (χ4v) is 3.81. The molecular weight excluding hydrogens is 397 g/mol. The van der Waals surface area contributed by atoms with Gasteiger partial charge in [-0.05, 0) is 58.0 Å². The van der Waals surface area contributed by atoms with Crippen molar-refractivity contribution in [1.29, 1.82) is 0 Å². The predicted octanol–water partition coefficient (Wildman–Crippen LogP) is 4.33. The maximum Gasteiger partial charge on any atom is 0.457 e. The van der Waals surface area contributed by atoms with E-state index in [1.165, 1.54) is 12.0 Å². The van der Waals surface area contributed by atoms with Gasteiger partial charge < -0.3 is 18.8 Å². The van der Waals surface area contributed by atoms with E-state index in [0.717, 1.165) is 17.6 Å². The molecule has 2 aliphatic heterocycles. The highest BCUT2D eigenvalue weighted by molar-refractivity contribution is 6.45. The van der Waals surface area contributed by atoms with Crippen LogP contribution in [0.1, 0.15) is 52.5 Å². The normalized spacial score (nSPS) is 19.6. The van der Waals surface area contributed by atoms with Crippen LogP contribution < -0.4 is 0 Å². The number of hydrogen-bond acceptors (Lipinski definition) is 6. The van der Waals surface area contributed by atoms with Crippen LogP contribution in [0, 0.1) is 0 Å². The monoisotopic (exact) mass is 429 g/mol. The van der Waals surface area contributed by atoms with Gasteiger partial charge in [0.05, 0.1) is 18.3 Å². The van der Waals surface area contributed by atoms with E-state index in [0.29, 0.717) is 31.4 Å². The first kappa shape index (κ1) is 23.4. The second kappa shape index (κ2) is 9.45. The Bertz CT molecular complexity index is 820. The summed E-state index contributed by atoms with van der Waals surface area (Å²) in [6.45, 7) is 8.68. The molecule has 1 aromatic rings. The first-order chi connectivity index (χ1) is 14.6. The lowest BCUT2D eigenvalue weighted by Crippen LogP contribution is -2.41. The Morgan fingerprint density at radius 1 is 1.10 bits per heavy atom. The molecule has 1 fully saturated rings. The molecule has 0 unspecified atom stereocenters. The smallest absolute Gasteiger partial charge is 0.457 e. The van der Waals surface area contributed by atoms with Gasteiger partial charge in [-0.2, -0.15) is 0 Å². The zero-order valence-corrected chi connectivity index (χ0v) is 19.1. The Morgan fingerprint density at radius 2 is 1.74 bits per heavy atom. The minimum absolute atomic E-state index is 0.155. The number of carbonyl (C=O) groups is 2. The molecular formula is C23H32BNO6. The van der Waals surface area contributed by atoms with E-state index < -0.39 is 12.1 Å². The van der Waals surface area contributed by atoms with Crippen LogP contribution >= 0.6 is 0 Å². The number of amides is 1. The topological polar surface area (TPSA) is 74.3 Å². The second-order valence-electron chi connectivity index (χ2n) is 8.96. The third-order valence-electron chi connectivity index (χ3n) is 6.27. The van der Waals surface area contributed by atoms with Gasteiger partial charge in [-0.3, -0.25) is 4.90 Å². The number of hydrogen-bond donors (Lipinski definition) is 0. The number of esters is 1. The van der Waals surface area contributed by atoms with E-state index in [-0.39, 0.29) is 24.9 Å². The lowest BCUT2D eigenvalue weighted by atomic mass is 9.81. The first-order valence-electron chi connectivity index (χ1n) is 10.8. The summed E-state index contributed by atoms with van der Waals surface area (Å²) in [4.78, 5) is 26.5. The van der Waals surface area contributed by atoms with Crippen LogP contribution in [0.4, 0.5) is 4.79 Å². The predicted molar refractivity (Wildman–Crippen MR) is 117 cm³/mol. The molecule has 0 N–H and O–H groups in total. The number of rotatable bonds is 7. The van der Waals surface area contributed by atoms with Crippen LogP contribution in [0.5, 0.6) is 0 Å². The van der Waals surface area contributed by atoms with Gasteiger partial charge in [0.2, 0.25) is 0 Å². The van der Waals surface area contributed by atoms with Crippen molar-refractivity contribution in [2.45, 2.75) is 71.1 Å². The summed E-state index contributed by atoms with van der Waals surface area (Å²) in [7, 11) is 1.05. The number of ether oxygens (including phenoxy) is 2. The van der Waals surface area contributed by atoms with Crippen molar-refractivity contribution < 1.29 is 28.4 Å². The molecule has 0 saturated carbocycles. The zero-order chi connectivity index (χ0) is 22.6. The summed E-state index contributed by atoms with van der Waals surface area (Å²) in [6, 6.07) is 9.44. The van der Waals surface area contributed by atoms with Crippen molar-refractivity contribution in [3.05, 3.63) is 47.2 Å². The van der Waals surface area contributed by atoms with Crippen molar-refractivity contribution in [3.8, 4) is 0 Å². The molecule has 2 aliphatic rings. The largest absolute Gasteiger partial charge is 0.464 e. The maximum absolute atomic E-state index is 12.6. The summed E-state index contributed by atoms with van der Waals surface area (Å²) in [5.74, 6) is -0.514. The quantitative estimate of drug-likeness (QED) is 0.475. The minimum Gasteiger partial charge on any atom is -0.464 e. The van der Waals surface area contributed by atoms with E-state index in [4.69, 9.17) is 18.8 Å². The van der Waals surface area contributed by atoms with Crippen LogP contribution in [0.25, 0.3) is 0 Å². The molecule has 1 saturated heterocycles. The highest BCUT2D eigenvalue weighted by atomic mass is 16.7. The Hall–Kier alpha value is -2.32. The molecule has 3 rings (SSSR count). The molecule has 1 amide bonds. The molecule has 0 atom stereocenters. The van der Waals surface area contributed by atoms with Crippen molar-refractivity contribution in [1.82, 2.24) is 4.90 Å². The number of nitrogens with zero attached hydrogens (tertiary/aromatic N) is 1. The van der Waals surface area contributed by atoms with E-state index in [2.05, 4.69) is 0 Å². The van der Waals surface area contributed by atoms with E-state index in [9.17, 15) is 9.59 Å². The van der Waals surface area contributed by atoms with E-state index in [1.54, 1.807) is 0 Å². The van der Waals surface area contributed by atoms with Gasteiger partial charge in [0.15, 0.2) is 0 Å². The SMILES string of the molecule is COC(=O)C1=C(CCCB2OC(C)(C)C(C)(C)O2)CCN1C(=O)OCc1ccccc1. The number of carbonyl (C=O) groups excluding carboxylic acids is 2. The molecule has 0 radical (unpaired) electrons. The fraction of sp³-hybridized carbons (Fsp3) is 0.565. The van der Waals surface area contributed by atoms with E-state index in [1.807, 2.05) is 58.0 Å². The van der Waals surface area contributed by atoms with E-state index >= 15 is 0 Å². The molecule has 168 valence electrons. The van der Waals surface area contributed by atoms with Crippen molar-refractivity contribution in [2.24, 2.45) is 0 Å². The maximum atomic E-state index is 12.6. The fourth-order valence-electron chi connectivity index (χ4n) is 3.81. The first-order valence-corrected chi connectivity index (χ1v) is 10.8. The molecule has 8 heteroatoms. The molecule has 0 aliphatic carbocycles. The summed E-state index contributed by atoms with van der Waals surface area (Å²) < 4.78 is 22.5. The molecule has 0 spiro atoms. The molecule has 0 aromatic heterocycles. The lowest BCUT2D eigenvalue weighted by molar-refractivity contribution is -0.137. The van der Waals surface area contributed by atoms with Crippen LogP contribution in [-0.2, 0) is 30.2 Å². The highest BCUT2D eigenvalue weighted by Crippen LogP contribution is 2.38. The molecule has 0 bridgehead atoms. The van der Waals surface area contributed by atoms with Crippen molar-refractivity contribution in [2.75, 3.05) is 13.7 Å². The second-order valence-corrected chi connectivity index (χ2v) is 8.96. The molecule has 7 nitrogen and oxygen atoms in total. The average Bonchev–Trinajstić information content (AvgIpc) is 3.23. The van der Waals surface area contributed by atoms with Crippen LogP contribution in [0.3, 0.4) is 0 Å². The minimum atomic E-state index is -0.537. The Morgan fingerprint density at radius 3 is 2.35 bits per heavy atom. The third-order valence-corrected chi connectivity index (χ3v) is 6.27. The van der Waals surface area contributed by atoms with Crippen LogP contribution in [0.2, 0.25) is 6.32 Å². The Balaban J connectivity index is 1.60. The number of benzene rings is 1. The summed E-state index contributed by atoms with van der Waals surface area (Å²) in [5, 5.41) is 0. The Labute approximate surface area is 184 Å². The van der Waals surface area contributed by atoms with Crippen molar-refractivity contribution in [3.63, 3.8) is 0 Å². The highest BCUT2D eigenvalue weighted by Gasteiger charge is 2.50. The van der Waals surface area contributed by atoms with Crippen LogP contribution in [-0.4, -0.2) is 48.9 Å². The van der Waals surface area contributed by atoms with Gasteiger partial charge >= 0.3 is 19.2 Å². The van der Waals surface area contributed by atoms with Gasteiger partial charge in [-0.25, -0.2) is 9.59 Å². The molecule has 1 aromatic carbocycles. The summed E-state index contributed by atoms with van der Waals surface area (Å²) in [5.41, 5.74) is 1.37. The Kier molecular flexibility index (Phi) is 7.11. The van der Waals surface area contributed by atoms with Crippen molar-refractivity contribution >= 4 is 19.2 Å². The molecule has 31 heavy (non-hydrogen) atoms. The summed E-state index contributed by atoms with van der Waals surface area (Å²) in [6.07, 6.45) is 2.24. The van der Waals surface area contributed by atoms with Gasteiger partial charge in [-0.1, -0.05) is 36.8 Å².